The van der Waals surface area contributed by atoms with E-state index in [2.05, 4.69) is 0 Å². The van der Waals surface area contributed by atoms with Gasteiger partial charge in [-0.05, 0) is 30.5 Å². The standard InChI is InChI=1S/C13H15F3O3/c1-3-6-12(19,13(14,15)16)9-5-4-8(2)10(7-9)11(17)18/h4-5,7,19H,3,6H2,1-2H3,(H,17,18). The van der Waals surface area contributed by atoms with Crippen molar-refractivity contribution in [2.24, 2.45) is 0 Å². The van der Waals surface area contributed by atoms with E-state index in [9.17, 15) is 23.1 Å². The molecule has 0 aliphatic heterocycles. The number of aromatic carboxylic acids is 1. The molecule has 1 atom stereocenters. The summed E-state index contributed by atoms with van der Waals surface area (Å²) in [5.41, 5.74) is -3.35. The molecule has 2 N–H and O–H groups in total. The third-order valence-electron chi connectivity index (χ3n) is 3.03. The second-order valence-electron chi connectivity index (χ2n) is 4.44. The quantitative estimate of drug-likeness (QED) is 0.887. The molecular weight excluding hydrogens is 261 g/mol. The lowest BCUT2D eigenvalue weighted by molar-refractivity contribution is -0.269. The number of carbonyl (C=O) groups is 1. The highest BCUT2D eigenvalue weighted by atomic mass is 19.4. The van der Waals surface area contributed by atoms with Gasteiger partial charge in [0.2, 0.25) is 0 Å². The molecule has 1 unspecified atom stereocenters. The minimum Gasteiger partial charge on any atom is -0.478 e. The Balaban J connectivity index is 3.40. The molecule has 1 aromatic carbocycles. The summed E-state index contributed by atoms with van der Waals surface area (Å²) in [6.45, 7) is 3.00. The predicted molar refractivity (Wildman–Crippen MR) is 63.0 cm³/mol. The van der Waals surface area contributed by atoms with Crippen molar-refractivity contribution in [2.75, 3.05) is 0 Å². The second-order valence-corrected chi connectivity index (χ2v) is 4.44. The molecule has 1 aromatic rings. The summed E-state index contributed by atoms with van der Waals surface area (Å²) in [4.78, 5) is 10.9. The maximum Gasteiger partial charge on any atom is 0.421 e. The van der Waals surface area contributed by atoms with Gasteiger partial charge < -0.3 is 10.2 Å². The normalized spacial score (nSPS) is 15.1. The van der Waals surface area contributed by atoms with Crippen molar-refractivity contribution in [1.82, 2.24) is 0 Å². The number of carboxylic acid groups (broad SMARTS) is 1. The van der Waals surface area contributed by atoms with Gasteiger partial charge in [-0.3, -0.25) is 0 Å². The first kappa shape index (κ1) is 15.5. The van der Waals surface area contributed by atoms with Crippen LogP contribution in [0.5, 0.6) is 0 Å². The zero-order chi connectivity index (χ0) is 14.8. The van der Waals surface area contributed by atoms with Gasteiger partial charge in [-0.15, -0.1) is 0 Å². The molecule has 0 heterocycles. The van der Waals surface area contributed by atoms with Crippen LogP contribution in [0.25, 0.3) is 0 Å². The molecule has 3 nitrogen and oxygen atoms in total. The Morgan fingerprint density at radius 2 is 1.89 bits per heavy atom. The van der Waals surface area contributed by atoms with Gasteiger partial charge in [-0.1, -0.05) is 25.5 Å². The number of alkyl halides is 3. The highest BCUT2D eigenvalue weighted by Crippen LogP contribution is 2.42. The summed E-state index contributed by atoms with van der Waals surface area (Å²) in [5, 5.41) is 18.8. The van der Waals surface area contributed by atoms with Crippen molar-refractivity contribution in [1.29, 1.82) is 0 Å². The molecule has 0 spiro atoms. The van der Waals surface area contributed by atoms with Crippen LogP contribution in [0.15, 0.2) is 18.2 Å². The van der Waals surface area contributed by atoms with Crippen LogP contribution in [-0.2, 0) is 5.60 Å². The van der Waals surface area contributed by atoms with E-state index in [0.717, 1.165) is 12.1 Å². The van der Waals surface area contributed by atoms with Gasteiger partial charge in [0.15, 0.2) is 5.60 Å². The average Bonchev–Trinajstić information content (AvgIpc) is 2.27. The molecule has 0 fully saturated rings. The van der Waals surface area contributed by atoms with Crippen molar-refractivity contribution in [3.8, 4) is 0 Å². The lowest BCUT2D eigenvalue weighted by Crippen LogP contribution is -2.42. The average molecular weight is 276 g/mol. The largest absolute Gasteiger partial charge is 0.478 e. The lowest BCUT2D eigenvalue weighted by Gasteiger charge is -2.31. The Hall–Kier alpha value is -1.56. The third-order valence-corrected chi connectivity index (χ3v) is 3.03. The van der Waals surface area contributed by atoms with Crippen molar-refractivity contribution in [3.63, 3.8) is 0 Å². The smallest absolute Gasteiger partial charge is 0.421 e. The highest BCUT2D eigenvalue weighted by Gasteiger charge is 2.54. The minimum absolute atomic E-state index is 0.117. The number of benzene rings is 1. The summed E-state index contributed by atoms with van der Waals surface area (Å²) >= 11 is 0. The van der Waals surface area contributed by atoms with Gasteiger partial charge >= 0.3 is 12.1 Å². The maximum atomic E-state index is 13.0. The third kappa shape index (κ3) is 2.89. The number of rotatable bonds is 4. The van der Waals surface area contributed by atoms with Crippen LogP contribution in [-0.4, -0.2) is 22.4 Å². The number of aryl methyl sites for hydroxylation is 1. The summed E-state index contributed by atoms with van der Waals surface area (Å²) in [6, 6.07) is 3.27. The summed E-state index contributed by atoms with van der Waals surface area (Å²) in [7, 11) is 0. The van der Waals surface area contributed by atoms with Gasteiger partial charge in [0, 0.05) is 0 Å². The monoisotopic (exact) mass is 276 g/mol. The number of hydrogen-bond acceptors (Lipinski definition) is 2. The topological polar surface area (TPSA) is 57.5 Å². The van der Waals surface area contributed by atoms with E-state index in [1.807, 2.05) is 0 Å². The lowest BCUT2D eigenvalue weighted by atomic mass is 9.87. The van der Waals surface area contributed by atoms with Crippen LogP contribution in [0.3, 0.4) is 0 Å². The second kappa shape index (κ2) is 5.21. The molecule has 106 valence electrons. The predicted octanol–water partition coefficient (Wildman–Crippen LogP) is 3.24. The van der Waals surface area contributed by atoms with E-state index in [1.165, 1.54) is 19.9 Å². The SMILES string of the molecule is CCCC(O)(c1ccc(C)c(C(=O)O)c1)C(F)(F)F. The highest BCUT2D eigenvalue weighted by molar-refractivity contribution is 5.89. The maximum absolute atomic E-state index is 13.0. The van der Waals surface area contributed by atoms with Crippen molar-refractivity contribution in [3.05, 3.63) is 34.9 Å². The summed E-state index contributed by atoms with van der Waals surface area (Å²) in [6.07, 6.45) is -5.25. The molecule has 6 heteroatoms. The van der Waals surface area contributed by atoms with E-state index < -0.39 is 29.7 Å². The Bertz CT molecular complexity index is 483. The molecule has 0 bridgehead atoms. The molecule has 0 saturated heterocycles. The fourth-order valence-electron chi connectivity index (χ4n) is 1.92. The Morgan fingerprint density at radius 3 is 2.32 bits per heavy atom. The van der Waals surface area contributed by atoms with Crippen LogP contribution in [0.1, 0.15) is 41.3 Å². The summed E-state index contributed by atoms with van der Waals surface area (Å²) in [5.74, 6) is -1.32. The van der Waals surface area contributed by atoms with Crippen LogP contribution in [0, 0.1) is 6.92 Å². The van der Waals surface area contributed by atoms with Crippen LogP contribution >= 0.6 is 0 Å². The molecule has 0 aromatic heterocycles. The fraction of sp³-hybridized carbons (Fsp3) is 0.462. The number of aliphatic hydroxyl groups is 1. The molecule has 0 aliphatic carbocycles. The van der Waals surface area contributed by atoms with E-state index in [1.54, 1.807) is 0 Å². The zero-order valence-corrected chi connectivity index (χ0v) is 10.6. The molecule has 19 heavy (non-hydrogen) atoms. The molecule has 0 radical (unpaired) electrons. The molecule has 0 saturated carbocycles. The van der Waals surface area contributed by atoms with Gasteiger partial charge in [0.25, 0.3) is 0 Å². The Kier molecular flexibility index (Phi) is 4.25. The first-order valence-electron chi connectivity index (χ1n) is 5.77. The number of halogens is 3. The van der Waals surface area contributed by atoms with E-state index in [0.29, 0.717) is 5.56 Å². The van der Waals surface area contributed by atoms with E-state index in [-0.39, 0.29) is 12.0 Å². The Morgan fingerprint density at radius 1 is 1.32 bits per heavy atom. The Labute approximate surface area is 108 Å². The van der Waals surface area contributed by atoms with Crippen LogP contribution in [0.2, 0.25) is 0 Å². The minimum atomic E-state index is -4.85. The van der Waals surface area contributed by atoms with Crippen molar-refractivity contribution in [2.45, 2.75) is 38.5 Å². The fourth-order valence-corrected chi connectivity index (χ4v) is 1.92. The molecular formula is C13H15F3O3. The van der Waals surface area contributed by atoms with Crippen LogP contribution in [0.4, 0.5) is 13.2 Å². The first-order valence-corrected chi connectivity index (χ1v) is 5.77. The molecule has 1 rings (SSSR count). The van der Waals surface area contributed by atoms with Gasteiger partial charge in [-0.25, -0.2) is 4.79 Å². The summed E-state index contributed by atoms with van der Waals surface area (Å²) < 4.78 is 39.0. The van der Waals surface area contributed by atoms with Gasteiger partial charge in [0.1, 0.15) is 0 Å². The zero-order valence-electron chi connectivity index (χ0n) is 10.6. The molecule has 0 amide bonds. The molecule has 0 aliphatic rings. The van der Waals surface area contributed by atoms with Crippen LogP contribution < -0.4 is 0 Å². The van der Waals surface area contributed by atoms with Crippen molar-refractivity contribution >= 4 is 5.97 Å². The number of carboxylic acids is 1. The van der Waals surface area contributed by atoms with E-state index in [4.69, 9.17) is 5.11 Å². The number of hydrogen-bond donors (Lipinski definition) is 2. The van der Waals surface area contributed by atoms with Gasteiger partial charge in [0.05, 0.1) is 5.56 Å². The van der Waals surface area contributed by atoms with E-state index >= 15 is 0 Å². The van der Waals surface area contributed by atoms with Crippen molar-refractivity contribution < 1.29 is 28.2 Å². The van der Waals surface area contributed by atoms with Gasteiger partial charge in [-0.2, -0.15) is 13.2 Å². The first-order chi connectivity index (χ1) is 8.63.